The lowest BCUT2D eigenvalue weighted by Crippen LogP contribution is -2.42. The third kappa shape index (κ3) is 3.89. The first-order chi connectivity index (χ1) is 12.8. The summed E-state index contributed by atoms with van der Waals surface area (Å²) in [5, 5.41) is 25.2. The van der Waals surface area contributed by atoms with E-state index in [1.807, 2.05) is 53.0 Å². The van der Waals surface area contributed by atoms with Gasteiger partial charge in [0.15, 0.2) is 0 Å². The van der Waals surface area contributed by atoms with Gasteiger partial charge in [-0.25, -0.2) is 18.3 Å². The summed E-state index contributed by atoms with van der Waals surface area (Å²) in [6.45, 7) is 2.11. The van der Waals surface area contributed by atoms with Gasteiger partial charge in [0, 0.05) is 0 Å². The molecule has 0 spiro atoms. The van der Waals surface area contributed by atoms with Crippen molar-refractivity contribution in [2.45, 2.75) is 38.3 Å². The van der Waals surface area contributed by atoms with Crippen molar-refractivity contribution in [3.8, 4) is 0 Å². The molecule has 1 saturated carbocycles. The fraction of sp³-hybridized carbons (Fsp3) is 0.579. The zero-order valence-corrected chi connectivity index (χ0v) is 16.7. The Morgan fingerprint density at radius 1 is 0.963 bits per heavy atom. The van der Waals surface area contributed by atoms with Crippen LogP contribution in [0.1, 0.15) is 37.8 Å². The van der Waals surface area contributed by atoms with Crippen LogP contribution in [0, 0.1) is 5.92 Å². The van der Waals surface area contributed by atoms with E-state index in [1.54, 1.807) is 18.3 Å². The van der Waals surface area contributed by atoms with Gasteiger partial charge in [-0.1, -0.05) is 6.92 Å². The van der Waals surface area contributed by atoms with Crippen LogP contribution in [0.3, 0.4) is 0 Å². The van der Waals surface area contributed by atoms with Crippen LogP contribution in [-0.4, -0.2) is 33.0 Å². The Hall–Kier alpha value is -2.64. The molecule has 2 aromatic rings. The number of imidazole rings is 2. The third-order valence-electron chi connectivity index (χ3n) is 5.46. The summed E-state index contributed by atoms with van der Waals surface area (Å²) < 4.78 is 7.11. The summed E-state index contributed by atoms with van der Waals surface area (Å²) in [7, 11) is 7.35. The lowest BCUT2D eigenvalue weighted by molar-refractivity contribution is -0.674. The van der Waals surface area contributed by atoms with Crippen molar-refractivity contribution in [1.82, 2.24) is 9.13 Å². The van der Waals surface area contributed by atoms with Crippen LogP contribution in [0.15, 0.2) is 34.8 Å². The average molecular weight is 372 g/mol. The number of aromatic nitrogens is 4. The average Bonchev–Trinajstić information content (AvgIpc) is 3.12. The Kier molecular flexibility index (Phi) is 5.34. The molecule has 0 amide bonds. The summed E-state index contributed by atoms with van der Waals surface area (Å²) in [5.74, 6) is 0.959. The third-order valence-corrected chi connectivity index (χ3v) is 5.46. The first kappa shape index (κ1) is 19.1. The fourth-order valence-corrected chi connectivity index (χ4v) is 3.79. The minimum absolute atomic E-state index is 0.104. The molecule has 3 atom stereocenters. The summed E-state index contributed by atoms with van der Waals surface area (Å²) in [6.07, 6.45) is 9.72. The molecular formula is C19H28N6O2. The topological polar surface area (TPSA) is 88.5 Å². The molecule has 8 heteroatoms. The van der Waals surface area contributed by atoms with Gasteiger partial charge >= 0.3 is 0 Å². The quantitative estimate of drug-likeness (QED) is 0.371. The van der Waals surface area contributed by atoms with Crippen LogP contribution in [-0.2, 0) is 28.2 Å². The first-order valence-corrected chi connectivity index (χ1v) is 9.30. The Morgan fingerprint density at radius 2 is 1.48 bits per heavy atom. The van der Waals surface area contributed by atoms with Gasteiger partial charge in [0.25, 0.3) is 11.6 Å². The van der Waals surface area contributed by atoms with E-state index in [-0.39, 0.29) is 23.9 Å². The minimum Gasteiger partial charge on any atom is -0.853 e. The van der Waals surface area contributed by atoms with Crippen LogP contribution in [0.4, 0.5) is 0 Å². The molecule has 1 aliphatic rings. The van der Waals surface area contributed by atoms with E-state index >= 15 is 0 Å². The number of aryl methyl sites for hydroxylation is 4. The Bertz CT molecular complexity index is 840. The molecule has 0 radical (unpaired) electrons. The monoisotopic (exact) mass is 372 g/mol. The maximum absolute atomic E-state index is 12.7. The predicted octanol–water partition coefficient (Wildman–Crippen LogP) is -1.52. The van der Waals surface area contributed by atoms with Gasteiger partial charge in [0.05, 0.1) is 52.1 Å². The molecule has 2 heterocycles. The SMILES string of the molecule is CC1CCC(N=C([O-])c2n(C)cc[n+]2C)CC1N=C([O-])c1n(C)cc[n+]1C. The van der Waals surface area contributed by atoms with Crippen LogP contribution in [0.2, 0.25) is 0 Å². The zero-order chi connectivity index (χ0) is 19.7. The van der Waals surface area contributed by atoms with E-state index in [0.29, 0.717) is 24.0 Å². The van der Waals surface area contributed by atoms with Crippen LogP contribution in [0.25, 0.3) is 0 Å². The van der Waals surface area contributed by atoms with E-state index in [4.69, 9.17) is 0 Å². The Labute approximate surface area is 159 Å². The van der Waals surface area contributed by atoms with Crippen LogP contribution in [0.5, 0.6) is 0 Å². The Balaban J connectivity index is 1.80. The van der Waals surface area contributed by atoms with Gasteiger partial charge in [0.2, 0.25) is 0 Å². The van der Waals surface area contributed by atoms with Crippen molar-refractivity contribution in [3.05, 3.63) is 36.4 Å². The van der Waals surface area contributed by atoms with Crippen molar-refractivity contribution in [1.29, 1.82) is 0 Å². The van der Waals surface area contributed by atoms with E-state index in [9.17, 15) is 10.2 Å². The van der Waals surface area contributed by atoms with E-state index in [0.717, 1.165) is 12.8 Å². The van der Waals surface area contributed by atoms with Crippen molar-refractivity contribution >= 4 is 11.8 Å². The van der Waals surface area contributed by atoms with Crippen molar-refractivity contribution in [2.24, 2.45) is 44.1 Å². The summed E-state index contributed by atoms with van der Waals surface area (Å²) in [4.78, 5) is 8.90. The smallest absolute Gasteiger partial charge is 0.291 e. The van der Waals surface area contributed by atoms with E-state index in [1.165, 1.54) is 0 Å². The highest BCUT2D eigenvalue weighted by Gasteiger charge is 2.28. The molecule has 0 N–H and O–H groups in total. The Morgan fingerprint density at radius 3 is 1.96 bits per heavy atom. The molecular weight excluding hydrogens is 344 g/mol. The van der Waals surface area contributed by atoms with Gasteiger partial charge in [-0.05, 0) is 25.2 Å². The second-order valence-electron chi connectivity index (χ2n) is 7.57. The van der Waals surface area contributed by atoms with Gasteiger partial charge in [-0.3, -0.25) is 9.98 Å². The first-order valence-electron chi connectivity index (χ1n) is 9.30. The van der Waals surface area contributed by atoms with Crippen LogP contribution >= 0.6 is 0 Å². The molecule has 0 aliphatic heterocycles. The highest BCUT2D eigenvalue weighted by Crippen LogP contribution is 2.29. The molecule has 8 nitrogen and oxygen atoms in total. The number of hydrogen-bond donors (Lipinski definition) is 0. The predicted molar refractivity (Wildman–Crippen MR) is 96.8 cm³/mol. The molecule has 1 aliphatic carbocycles. The second-order valence-corrected chi connectivity index (χ2v) is 7.57. The molecule has 27 heavy (non-hydrogen) atoms. The lowest BCUT2D eigenvalue weighted by atomic mass is 9.83. The number of nitrogens with zero attached hydrogens (tertiary/aromatic N) is 6. The largest absolute Gasteiger partial charge is 0.853 e. The van der Waals surface area contributed by atoms with Crippen molar-refractivity contribution in [2.75, 3.05) is 0 Å². The van der Waals surface area contributed by atoms with Gasteiger partial charge < -0.3 is 10.2 Å². The minimum atomic E-state index is -0.220. The maximum Gasteiger partial charge on any atom is 0.291 e. The van der Waals surface area contributed by atoms with Crippen LogP contribution < -0.4 is 19.3 Å². The number of aliphatic imine (C=N–C) groups is 2. The molecule has 0 bridgehead atoms. The van der Waals surface area contributed by atoms with Gasteiger partial charge in [-0.15, -0.1) is 0 Å². The molecule has 0 saturated heterocycles. The molecule has 146 valence electrons. The molecule has 2 aromatic heterocycles. The number of rotatable bonds is 4. The summed E-state index contributed by atoms with van der Waals surface area (Å²) in [5.41, 5.74) is 0. The molecule has 0 aromatic carbocycles. The standard InChI is InChI=1S/C19H28N6O2/c1-13-6-7-14(20-16(26)18-22(2)8-9-23(18)3)12-15(13)21-17(27)19-24(4)10-11-25(19)5/h8-11,13-15H,6-7,12H2,1-5H3. The van der Waals surface area contributed by atoms with Crippen molar-refractivity contribution < 1.29 is 19.3 Å². The molecule has 3 unspecified atom stereocenters. The summed E-state index contributed by atoms with van der Waals surface area (Å²) in [6, 6.07) is -0.225. The second kappa shape index (κ2) is 7.54. The highest BCUT2D eigenvalue weighted by molar-refractivity contribution is 5.86. The van der Waals surface area contributed by atoms with E-state index in [2.05, 4.69) is 16.9 Å². The van der Waals surface area contributed by atoms with Crippen molar-refractivity contribution in [3.63, 3.8) is 0 Å². The normalized spacial score (nSPS) is 24.4. The number of hydrogen-bond acceptors (Lipinski definition) is 4. The maximum atomic E-state index is 12.7. The lowest BCUT2D eigenvalue weighted by Gasteiger charge is -2.31. The van der Waals surface area contributed by atoms with Gasteiger partial charge in [-0.2, -0.15) is 0 Å². The molecule has 1 fully saturated rings. The zero-order valence-electron chi connectivity index (χ0n) is 16.7. The molecule has 3 rings (SSSR count). The van der Waals surface area contributed by atoms with Gasteiger partial charge in [0.1, 0.15) is 24.8 Å². The highest BCUT2D eigenvalue weighted by atomic mass is 16.3. The summed E-state index contributed by atoms with van der Waals surface area (Å²) >= 11 is 0. The van der Waals surface area contributed by atoms with E-state index < -0.39 is 0 Å². The fourth-order valence-electron chi connectivity index (χ4n) is 3.79.